The largest absolute Gasteiger partial charge is 0.378 e. The molecule has 100 valence electrons. The van der Waals surface area contributed by atoms with Crippen molar-refractivity contribution in [1.82, 2.24) is 0 Å². The van der Waals surface area contributed by atoms with Crippen LogP contribution in [-0.2, 0) is 4.74 Å². The molecule has 0 bridgehead atoms. The van der Waals surface area contributed by atoms with E-state index >= 15 is 0 Å². The van der Waals surface area contributed by atoms with Gasteiger partial charge in [-0.1, -0.05) is 22.0 Å². The van der Waals surface area contributed by atoms with Crippen molar-refractivity contribution in [3.05, 3.63) is 33.9 Å². The average molecular weight is 311 g/mol. The number of hydrogen-bond donors (Lipinski definition) is 0. The van der Waals surface area contributed by atoms with E-state index in [-0.39, 0.29) is 0 Å². The van der Waals surface area contributed by atoms with Gasteiger partial charge in [-0.15, -0.1) is 0 Å². The van der Waals surface area contributed by atoms with Crippen molar-refractivity contribution in [2.24, 2.45) is 5.92 Å². The summed E-state index contributed by atoms with van der Waals surface area (Å²) in [6, 6.07) is 2.29. The van der Waals surface area contributed by atoms with Crippen LogP contribution in [0.2, 0.25) is 0 Å². The fraction of sp³-hybridized carbons (Fsp3) is 0.625. The van der Waals surface area contributed by atoms with E-state index in [0.29, 0.717) is 16.8 Å². The number of rotatable bonds is 2. The van der Waals surface area contributed by atoms with E-state index in [4.69, 9.17) is 4.74 Å². The van der Waals surface area contributed by atoms with Gasteiger partial charge in [0, 0.05) is 17.4 Å². The van der Waals surface area contributed by atoms with Gasteiger partial charge in [0.05, 0.1) is 6.10 Å². The Morgan fingerprint density at radius 2 is 1.72 bits per heavy atom. The minimum absolute atomic E-state index is 0.356. The second-order valence-electron chi connectivity index (χ2n) is 5.60. The van der Waals surface area contributed by atoms with Gasteiger partial charge in [0.15, 0.2) is 0 Å². The van der Waals surface area contributed by atoms with E-state index < -0.39 is 0 Å². The van der Waals surface area contributed by atoms with Crippen molar-refractivity contribution >= 4 is 15.9 Å². The van der Waals surface area contributed by atoms with E-state index in [0.717, 1.165) is 13.0 Å². The normalized spacial score (nSPS) is 25.4. The molecular weight excluding hydrogens is 288 g/mol. The summed E-state index contributed by atoms with van der Waals surface area (Å²) in [6.45, 7) is 12.0. The fourth-order valence-electron chi connectivity index (χ4n) is 3.01. The van der Waals surface area contributed by atoms with Gasteiger partial charge < -0.3 is 4.74 Å². The highest BCUT2D eigenvalue weighted by Gasteiger charge is 2.33. The van der Waals surface area contributed by atoms with E-state index in [1.807, 2.05) is 0 Å². The molecule has 0 amide bonds. The van der Waals surface area contributed by atoms with Gasteiger partial charge in [-0.05, 0) is 68.9 Å². The molecule has 1 saturated heterocycles. The summed E-state index contributed by atoms with van der Waals surface area (Å²) in [5.74, 6) is 0.587. The summed E-state index contributed by atoms with van der Waals surface area (Å²) >= 11 is 3.94. The summed E-state index contributed by atoms with van der Waals surface area (Å²) in [5.41, 5.74) is 7.13. The highest BCUT2D eigenvalue weighted by Crippen LogP contribution is 2.43. The molecule has 0 N–H and O–H groups in total. The molecule has 2 heteroatoms. The SMILES string of the molecule is Cc1cc(C)c(C)c(C(Br)C2CCOC2C)c1C. The summed E-state index contributed by atoms with van der Waals surface area (Å²) < 4.78 is 5.72. The first kappa shape index (κ1) is 14.1. The van der Waals surface area contributed by atoms with Gasteiger partial charge in [-0.25, -0.2) is 0 Å². The molecule has 1 aliphatic rings. The number of hydrogen-bond acceptors (Lipinski definition) is 1. The highest BCUT2D eigenvalue weighted by atomic mass is 79.9. The third-order valence-electron chi connectivity index (χ3n) is 4.51. The van der Waals surface area contributed by atoms with Crippen LogP contribution in [0.5, 0.6) is 0 Å². The maximum atomic E-state index is 5.72. The lowest BCUT2D eigenvalue weighted by atomic mass is 9.86. The van der Waals surface area contributed by atoms with Crippen LogP contribution in [0.25, 0.3) is 0 Å². The quantitative estimate of drug-likeness (QED) is 0.714. The van der Waals surface area contributed by atoms with Gasteiger partial charge in [0.25, 0.3) is 0 Å². The second-order valence-corrected chi connectivity index (χ2v) is 6.59. The predicted molar refractivity (Wildman–Crippen MR) is 80.6 cm³/mol. The molecule has 2 rings (SSSR count). The Hall–Kier alpha value is -0.340. The minimum Gasteiger partial charge on any atom is -0.378 e. The van der Waals surface area contributed by atoms with Gasteiger partial charge in [0.1, 0.15) is 0 Å². The molecule has 0 aromatic heterocycles. The minimum atomic E-state index is 0.356. The number of alkyl halides is 1. The highest BCUT2D eigenvalue weighted by molar-refractivity contribution is 9.09. The topological polar surface area (TPSA) is 9.23 Å². The first-order valence-corrected chi connectivity index (χ1v) is 7.68. The lowest BCUT2D eigenvalue weighted by molar-refractivity contribution is 0.105. The van der Waals surface area contributed by atoms with Crippen LogP contribution in [-0.4, -0.2) is 12.7 Å². The molecule has 1 aromatic rings. The van der Waals surface area contributed by atoms with Crippen molar-refractivity contribution in [3.8, 4) is 0 Å². The molecule has 3 unspecified atom stereocenters. The van der Waals surface area contributed by atoms with Crippen LogP contribution in [0.15, 0.2) is 6.07 Å². The van der Waals surface area contributed by atoms with Crippen molar-refractivity contribution in [1.29, 1.82) is 0 Å². The number of ether oxygens (including phenoxy) is 1. The Bertz CT molecular complexity index is 427. The maximum absolute atomic E-state index is 5.72. The number of halogens is 1. The molecule has 0 spiro atoms. The predicted octanol–water partition coefficient (Wildman–Crippen LogP) is 4.78. The molecule has 1 aliphatic heterocycles. The first-order valence-electron chi connectivity index (χ1n) is 6.76. The second kappa shape index (κ2) is 5.34. The summed E-state index contributed by atoms with van der Waals surface area (Å²) in [5, 5.41) is 0. The third kappa shape index (κ3) is 2.37. The summed E-state index contributed by atoms with van der Waals surface area (Å²) in [6.07, 6.45) is 1.51. The molecule has 1 aromatic carbocycles. The Labute approximate surface area is 119 Å². The van der Waals surface area contributed by atoms with Crippen molar-refractivity contribution in [2.45, 2.75) is 52.0 Å². The van der Waals surface area contributed by atoms with Crippen LogP contribution in [0.3, 0.4) is 0 Å². The molecule has 0 saturated carbocycles. The Kier molecular flexibility index (Phi) is 4.18. The Morgan fingerprint density at radius 1 is 1.17 bits per heavy atom. The van der Waals surface area contributed by atoms with Gasteiger partial charge >= 0.3 is 0 Å². The summed E-state index contributed by atoms with van der Waals surface area (Å²) in [7, 11) is 0. The average Bonchev–Trinajstić information content (AvgIpc) is 2.73. The molecule has 1 fully saturated rings. The van der Waals surface area contributed by atoms with Crippen molar-refractivity contribution in [2.75, 3.05) is 6.61 Å². The maximum Gasteiger partial charge on any atom is 0.0589 e. The zero-order valence-electron chi connectivity index (χ0n) is 12.0. The lowest BCUT2D eigenvalue weighted by Crippen LogP contribution is -2.18. The number of aryl methyl sites for hydroxylation is 2. The van der Waals surface area contributed by atoms with Crippen molar-refractivity contribution in [3.63, 3.8) is 0 Å². The van der Waals surface area contributed by atoms with Gasteiger partial charge in [-0.2, -0.15) is 0 Å². The molecule has 0 radical (unpaired) electrons. The lowest BCUT2D eigenvalue weighted by Gasteiger charge is -2.26. The van der Waals surface area contributed by atoms with Crippen LogP contribution in [0.4, 0.5) is 0 Å². The van der Waals surface area contributed by atoms with E-state index in [1.165, 1.54) is 27.8 Å². The fourth-order valence-corrected chi connectivity index (χ4v) is 4.39. The van der Waals surface area contributed by atoms with Crippen LogP contribution < -0.4 is 0 Å². The third-order valence-corrected chi connectivity index (χ3v) is 5.65. The van der Waals surface area contributed by atoms with Crippen molar-refractivity contribution < 1.29 is 4.74 Å². The van der Waals surface area contributed by atoms with Crippen LogP contribution in [0, 0.1) is 33.6 Å². The molecule has 18 heavy (non-hydrogen) atoms. The zero-order valence-corrected chi connectivity index (χ0v) is 13.6. The van der Waals surface area contributed by atoms with E-state index in [1.54, 1.807) is 0 Å². The van der Waals surface area contributed by atoms with E-state index in [2.05, 4.69) is 56.6 Å². The molecule has 3 atom stereocenters. The molecule has 0 aliphatic carbocycles. The molecule has 1 nitrogen and oxygen atoms in total. The molecule has 1 heterocycles. The Balaban J connectivity index is 2.44. The van der Waals surface area contributed by atoms with E-state index in [9.17, 15) is 0 Å². The first-order chi connectivity index (χ1) is 8.43. The van der Waals surface area contributed by atoms with Crippen LogP contribution in [0.1, 0.15) is 46.0 Å². The van der Waals surface area contributed by atoms with Crippen LogP contribution >= 0.6 is 15.9 Å². The summed E-state index contributed by atoms with van der Waals surface area (Å²) in [4.78, 5) is 0.411. The monoisotopic (exact) mass is 310 g/mol. The standard InChI is InChI=1S/C16H23BrO/c1-9-8-10(2)12(4)15(11(9)3)16(17)14-6-7-18-13(14)5/h8,13-14,16H,6-7H2,1-5H3. The number of benzene rings is 1. The van der Waals surface area contributed by atoms with Gasteiger partial charge in [0.2, 0.25) is 0 Å². The van der Waals surface area contributed by atoms with Gasteiger partial charge in [-0.3, -0.25) is 0 Å². The Morgan fingerprint density at radius 3 is 2.17 bits per heavy atom. The molecular formula is C16H23BrO. The smallest absolute Gasteiger partial charge is 0.0589 e. The zero-order chi connectivity index (χ0) is 13.4.